The van der Waals surface area contributed by atoms with E-state index in [0.717, 1.165) is 6.61 Å². The fourth-order valence-electron chi connectivity index (χ4n) is 1.73. The molecule has 1 rings (SSSR count). The zero-order chi connectivity index (χ0) is 8.81. The van der Waals surface area contributed by atoms with Gasteiger partial charge >= 0.3 is 0 Å². The molecular formula is C9H21NOSi. The lowest BCUT2D eigenvalue weighted by atomic mass is 10.2. The van der Waals surface area contributed by atoms with Crippen LogP contribution in [0.25, 0.3) is 0 Å². The molecule has 0 aliphatic carbocycles. The Bertz CT molecular complexity index is 115. The molecule has 0 aromatic rings. The molecule has 1 fully saturated rings. The predicted octanol–water partition coefficient (Wildman–Crippen LogP) is 1.58. The molecule has 2 nitrogen and oxygen atoms in total. The van der Waals surface area contributed by atoms with E-state index in [1.165, 1.54) is 38.1 Å². The maximum Gasteiger partial charge on any atom is 0.193 e. The Labute approximate surface area is 77.2 Å². The second-order valence-electron chi connectivity index (χ2n) is 3.71. The summed E-state index contributed by atoms with van der Waals surface area (Å²) < 4.78 is 5.75. The molecule has 0 radical (unpaired) electrons. The van der Waals surface area contributed by atoms with Gasteiger partial charge in [0, 0.05) is 12.3 Å². The summed E-state index contributed by atoms with van der Waals surface area (Å²) in [7, 11) is -0.974. The smallest absolute Gasteiger partial charge is 0.193 e. The highest BCUT2D eigenvalue weighted by Gasteiger charge is 2.22. The Hall–Kier alpha value is 0.137. The first-order chi connectivity index (χ1) is 5.84. The van der Waals surface area contributed by atoms with Crippen LogP contribution in [-0.2, 0) is 4.43 Å². The van der Waals surface area contributed by atoms with Crippen molar-refractivity contribution in [2.45, 2.75) is 50.7 Å². The molecule has 72 valence electrons. The number of nitrogens with two attached hydrogens (primary N) is 1. The highest BCUT2D eigenvalue weighted by atomic mass is 28.3. The topological polar surface area (TPSA) is 35.2 Å². The summed E-state index contributed by atoms with van der Waals surface area (Å²) in [6.45, 7) is 3.20. The highest BCUT2D eigenvalue weighted by Crippen LogP contribution is 2.15. The first-order valence-corrected chi connectivity index (χ1v) is 7.17. The van der Waals surface area contributed by atoms with Gasteiger partial charge in [-0.25, -0.2) is 0 Å². The van der Waals surface area contributed by atoms with Gasteiger partial charge in [-0.05, 0) is 18.9 Å². The maximum atomic E-state index is 6.07. The molecule has 2 unspecified atom stereocenters. The third-order valence-electron chi connectivity index (χ3n) is 2.58. The monoisotopic (exact) mass is 187 g/mol. The Morgan fingerprint density at radius 2 is 2.33 bits per heavy atom. The number of hydrogen-bond acceptors (Lipinski definition) is 2. The SMILES string of the molecule is CCCCC(N)[SiH]1CCCCO1. The summed E-state index contributed by atoms with van der Waals surface area (Å²) in [4.78, 5) is 0. The third kappa shape index (κ3) is 3.25. The Balaban J connectivity index is 2.15. The fourth-order valence-corrected chi connectivity index (χ4v) is 4.34. The molecule has 0 bridgehead atoms. The van der Waals surface area contributed by atoms with E-state index in [1.807, 2.05) is 0 Å². The molecule has 2 N–H and O–H groups in total. The van der Waals surface area contributed by atoms with Crippen molar-refractivity contribution in [2.24, 2.45) is 5.73 Å². The van der Waals surface area contributed by atoms with Crippen LogP contribution in [0.5, 0.6) is 0 Å². The van der Waals surface area contributed by atoms with Gasteiger partial charge in [0.1, 0.15) is 0 Å². The molecule has 1 saturated heterocycles. The Morgan fingerprint density at radius 3 is 2.92 bits per heavy atom. The molecule has 0 aromatic heterocycles. The van der Waals surface area contributed by atoms with Crippen molar-refractivity contribution in [3.05, 3.63) is 0 Å². The van der Waals surface area contributed by atoms with Crippen LogP contribution in [0.15, 0.2) is 0 Å². The molecule has 0 spiro atoms. The minimum atomic E-state index is -0.974. The van der Waals surface area contributed by atoms with Crippen LogP contribution in [0.2, 0.25) is 6.04 Å². The van der Waals surface area contributed by atoms with Crippen LogP contribution in [0.3, 0.4) is 0 Å². The van der Waals surface area contributed by atoms with Crippen molar-refractivity contribution in [2.75, 3.05) is 6.61 Å². The average molecular weight is 187 g/mol. The summed E-state index contributed by atoms with van der Waals surface area (Å²) in [6.07, 6.45) is 6.33. The minimum absolute atomic E-state index is 0.422. The number of unbranched alkanes of at least 4 members (excludes halogenated alkanes) is 1. The largest absolute Gasteiger partial charge is 0.418 e. The highest BCUT2D eigenvalue weighted by molar-refractivity contribution is 6.53. The van der Waals surface area contributed by atoms with Crippen LogP contribution in [0.4, 0.5) is 0 Å². The van der Waals surface area contributed by atoms with Crippen molar-refractivity contribution in [3.63, 3.8) is 0 Å². The van der Waals surface area contributed by atoms with E-state index in [1.54, 1.807) is 0 Å². The summed E-state index contributed by atoms with van der Waals surface area (Å²) in [5, 5.41) is 0. The van der Waals surface area contributed by atoms with Crippen LogP contribution in [0, 0.1) is 0 Å². The maximum absolute atomic E-state index is 6.07. The molecule has 2 atom stereocenters. The van der Waals surface area contributed by atoms with Crippen LogP contribution in [0.1, 0.15) is 39.0 Å². The second kappa shape index (κ2) is 5.73. The first-order valence-electron chi connectivity index (χ1n) is 5.21. The second-order valence-corrected chi connectivity index (χ2v) is 6.55. The predicted molar refractivity (Wildman–Crippen MR) is 54.6 cm³/mol. The minimum Gasteiger partial charge on any atom is -0.418 e. The number of hydrogen-bond donors (Lipinski definition) is 1. The summed E-state index contributed by atoms with van der Waals surface area (Å²) in [5.41, 5.74) is 6.49. The van der Waals surface area contributed by atoms with Gasteiger partial charge in [-0.15, -0.1) is 0 Å². The van der Waals surface area contributed by atoms with E-state index in [-0.39, 0.29) is 0 Å². The zero-order valence-corrected chi connectivity index (χ0v) is 9.24. The van der Waals surface area contributed by atoms with Gasteiger partial charge < -0.3 is 10.2 Å². The summed E-state index contributed by atoms with van der Waals surface area (Å²) >= 11 is 0. The molecule has 1 heterocycles. The van der Waals surface area contributed by atoms with Gasteiger partial charge in [-0.2, -0.15) is 0 Å². The Kier molecular flexibility index (Phi) is 4.88. The van der Waals surface area contributed by atoms with Gasteiger partial charge in [0.25, 0.3) is 0 Å². The third-order valence-corrected chi connectivity index (χ3v) is 5.51. The fraction of sp³-hybridized carbons (Fsp3) is 1.00. The van der Waals surface area contributed by atoms with Gasteiger partial charge in [0.2, 0.25) is 0 Å². The van der Waals surface area contributed by atoms with Gasteiger partial charge in [0.05, 0.1) is 0 Å². The Morgan fingerprint density at radius 1 is 1.50 bits per heavy atom. The van der Waals surface area contributed by atoms with Crippen molar-refractivity contribution in [1.29, 1.82) is 0 Å². The zero-order valence-electron chi connectivity index (χ0n) is 8.09. The standard InChI is InChI=1S/C9H21NOSi/c1-2-3-6-9(10)12-8-5-4-7-11-12/h9,12H,2-8,10H2,1H3. The van der Waals surface area contributed by atoms with Crippen molar-refractivity contribution in [3.8, 4) is 0 Å². The molecule has 1 aliphatic heterocycles. The van der Waals surface area contributed by atoms with Gasteiger partial charge in [-0.1, -0.05) is 26.2 Å². The lowest BCUT2D eigenvalue weighted by Crippen LogP contribution is -2.42. The lowest BCUT2D eigenvalue weighted by Gasteiger charge is -2.26. The van der Waals surface area contributed by atoms with E-state index in [4.69, 9.17) is 10.2 Å². The quantitative estimate of drug-likeness (QED) is 0.678. The average Bonchev–Trinajstić information content (AvgIpc) is 2.15. The normalized spacial score (nSPS) is 27.0. The van der Waals surface area contributed by atoms with Crippen molar-refractivity contribution >= 4 is 9.04 Å². The van der Waals surface area contributed by atoms with Gasteiger partial charge in [0.15, 0.2) is 9.04 Å². The van der Waals surface area contributed by atoms with Crippen molar-refractivity contribution in [1.82, 2.24) is 0 Å². The van der Waals surface area contributed by atoms with Crippen LogP contribution >= 0.6 is 0 Å². The van der Waals surface area contributed by atoms with E-state index in [9.17, 15) is 0 Å². The molecule has 12 heavy (non-hydrogen) atoms. The molecule has 3 heteroatoms. The molecular weight excluding hydrogens is 166 g/mol. The summed E-state index contributed by atoms with van der Waals surface area (Å²) in [5.74, 6) is 0. The number of rotatable bonds is 4. The molecule has 1 aliphatic rings. The molecule has 0 aromatic carbocycles. The van der Waals surface area contributed by atoms with E-state index in [2.05, 4.69) is 6.92 Å². The first kappa shape index (κ1) is 10.2. The van der Waals surface area contributed by atoms with E-state index < -0.39 is 9.04 Å². The lowest BCUT2D eigenvalue weighted by molar-refractivity contribution is 0.278. The van der Waals surface area contributed by atoms with Gasteiger partial charge in [-0.3, -0.25) is 0 Å². The van der Waals surface area contributed by atoms with E-state index in [0.29, 0.717) is 5.67 Å². The molecule has 0 saturated carbocycles. The van der Waals surface area contributed by atoms with E-state index >= 15 is 0 Å². The summed E-state index contributed by atoms with van der Waals surface area (Å²) in [6, 6.07) is 1.31. The van der Waals surface area contributed by atoms with Crippen LogP contribution < -0.4 is 5.73 Å². The molecule has 0 amide bonds. The van der Waals surface area contributed by atoms with Crippen molar-refractivity contribution < 1.29 is 4.43 Å². The van der Waals surface area contributed by atoms with Crippen LogP contribution in [-0.4, -0.2) is 21.3 Å².